The van der Waals surface area contributed by atoms with E-state index in [2.05, 4.69) is 55.0 Å². The standard InChI is InChI=1S/C20H23FN2/c1-14-7-5-10-19(15(14)2)20(16(3)23-13-21)12-17-8-6-9-18(11-17)22-4/h5-11,13,20,22H,3,12H2,1-2,4H3. The second-order valence-corrected chi connectivity index (χ2v) is 5.71. The summed E-state index contributed by atoms with van der Waals surface area (Å²) in [6.07, 6.45) is 0.732. The van der Waals surface area contributed by atoms with Gasteiger partial charge in [-0.15, -0.1) is 0 Å². The Morgan fingerprint density at radius 2 is 2.00 bits per heavy atom. The van der Waals surface area contributed by atoms with Crippen LogP contribution in [0.4, 0.5) is 10.1 Å². The molecule has 0 heterocycles. The van der Waals surface area contributed by atoms with Crippen molar-refractivity contribution in [2.45, 2.75) is 26.2 Å². The lowest BCUT2D eigenvalue weighted by molar-refractivity contribution is 0.760. The average molecular weight is 310 g/mol. The van der Waals surface area contributed by atoms with Crippen molar-refractivity contribution in [1.29, 1.82) is 0 Å². The number of nitrogens with one attached hydrogen (secondary N) is 1. The Labute approximate surface area is 137 Å². The number of aliphatic imine (C=N–C) groups is 1. The summed E-state index contributed by atoms with van der Waals surface area (Å²) >= 11 is 0. The van der Waals surface area contributed by atoms with Gasteiger partial charge in [0.2, 0.25) is 0 Å². The molecule has 2 nitrogen and oxygen atoms in total. The van der Waals surface area contributed by atoms with Crippen LogP contribution >= 0.6 is 0 Å². The lowest BCUT2D eigenvalue weighted by atomic mass is 9.86. The highest BCUT2D eigenvalue weighted by Gasteiger charge is 2.18. The zero-order valence-electron chi connectivity index (χ0n) is 13.9. The molecule has 0 aromatic heterocycles. The first-order valence-corrected chi connectivity index (χ1v) is 7.71. The summed E-state index contributed by atoms with van der Waals surface area (Å²) in [5.74, 6) is -0.0472. The smallest absolute Gasteiger partial charge is 0.176 e. The Balaban J connectivity index is 2.42. The van der Waals surface area contributed by atoms with Crippen LogP contribution in [0.15, 0.2) is 59.7 Å². The number of hydrogen-bond donors (Lipinski definition) is 1. The lowest BCUT2D eigenvalue weighted by Crippen LogP contribution is -2.08. The third kappa shape index (κ3) is 4.07. The molecule has 0 saturated heterocycles. The van der Waals surface area contributed by atoms with E-state index in [0.717, 1.165) is 23.2 Å². The van der Waals surface area contributed by atoms with Gasteiger partial charge in [0, 0.05) is 24.4 Å². The maximum atomic E-state index is 12.6. The molecule has 0 bridgehead atoms. The van der Waals surface area contributed by atoms with E-state index in [-0.39, 0.29) is 5.92 Å². The van der Waals surface area contributed by atoms with Crippen LogP contribution in [0, 0.1) is 13.8 Å². The van der Waals surface area contributed by atoms with Gasteiger partial charge < -0.3 is 5.32 Å². The molecule has 3 heteroatoms. The maximum absolute atomic E-state index is 12.6. The molecule has 120 valence electrons. The summed E-state index contributed by atoms with van der Waals surface area (Å²) in [5.41, 5.74) is 6.33. The summed E-state index contributed by atoms with van der Waals surface area (Å²) in [6.45, 7) is 8.47. The fourth-order valence-electron chi connectivity index (χ4n) is 2.80. The number of halogens is 1. The third-order valence-electron chi connectivity index (χ3n) is 4.29. The summed E-state index contributed by atoms with van der Waals surface area (Å²) in [6, 6.07) is 14.4. The van der Waals surface area contributed by atoms with E-state index in [1.54, 1.807) is 0 Å². The number of aryl methyl sites for hydroxylation is 1. The predicted molar refractivity (Wildman–Crippen MR) is 97.1 cm³/mol. The first-order chi connectivity index (χ1) is 11.1. The fraction of sp³-hybridized carbons (Fsp3) is 0.250. The van der Waals surface area contributed by atoms with E-state index in [1.165, 1.54) is 11.1 Å². The number of anilines is 1. The molecule has 0 spiro atoms. The van der Waals surface area contributed by atoms with Crippen molar-refractivity contribution in [1.82, 2.24) is 0 Å². The van der Waals surface area contributed by atoms with Crippen LogP contribution in [0.2, 0.25) is 0 Å². The van der Waals surface area contributed by atoms with Crippen LogP contribution in [-0.2, 0) is 6.42 Å². The van der Waals surface area contributed by atoms with E-state index in [9.17, 15) is 4.39 Å². The molecular formula is C20H23FN2. The largest absolute Gasteiger partial charge is 0.388 e. The highest BCUT2D eigenvalue weighted by atomic mass is 19.1. The molecule has 1 unspecified atom stereocenters. The lowest BCUT2D eigenvalue weighted by Gasteiger charge is -2.21. The minimum atomic E-state index is -0.0472. The van der Waals surface area contributed by atoms with Crippen molar-refractivity contribution in [2.24, 2.45) is 4.99 Å². The van der Waals surface area contributed by atoms with Crippen LogP contribution in [-0.4, -0.2) is 13.5 Å². The van der Waals surface area contributed by atoms with Gasteiger partial charge in [-0.2, -0.15) is 4.39 Å². The monoisotopic (exact) mass is 310 g/mol. The van der Waals surface area contributed by atoms with Crippen LogP contribution in [0.3, 0.4) is 0 Å². The quantitative estimate of drug-likeness (QED) is 0.730. The van der Waals surface area contributed by atoms with Gasteiger partial charge in [-0.05, 0) is 54.7 Å². The van der Waals surface area contributed by atoms with Crippen molar-refractivity contribution in [3.8, 4) is 0 Å². The van der Waals surface area contributed by atoms with Crippen LogP contribution in [0.25, 0.3) is 0 Å². The number of nitrogens with zero attached hydrogens (tertiary/aromatic N) is 1. The molecule has 2 aromatic rings. The molecule has 1 N–H and O–H groups in total. The third-order valence-corrected chi connectivity index (χ3v) is 4.29. The van der Waals surface area contributed by atoms with Gasteiger partial charge in [0.1, 0.15) is 0 Å². The Morgan fingerprint density at radius 1 is 1.26 bits per heavy atom. The Kier molecular flexibility index (Phi) is 5.69. The second-order valence-electron chi connectivity index (χ2n) is 5.71. The Morgan fingerprint density at radius 3 is 2.70 bits per heavy atom. The predicted octanol–water partition coefficient (Wildman–Crippen LogP) is 5.18. The molecule has 23 heavy (non-hydrogen) atoms. The molecule has 0 radical (unpaired) electrons. The van der Waals surface area contributed by atoms with Crippen molar-refractivity contribution in [2.75, 3.05) is 12.4 Å². The van der Waals surface area contributed by atoms with Crippen LogP contribution in [0.5, 0.6) is 0 Å². The zero-order valence-corrected chi connectivity index (χ0v) is 13.9. The number of allylic oxidation sites excluding steroid dienone is 1. The Bertz CT molecular complexity index is 719. The molecule has 0 aliphatic rings. The van der Waals surface area contributed by atoms with Crippen molar-refractivity contribution >= 4 is 12.2 Å². The van der Waals surface area contributed by atoms with Crippen molar-refractivity contribution in [3.63, 3.8) is 0 Å². The molecule has 0 amide bonds. The van der Waals surface area contributed by atoms with E-state index < -0.39 is 0 Å². The topological polar surface area (TPSA) is 24.4 Å². The van der Waals surface area contributed by atoms with Gasteiger partial charge in [-0.3, -0.25) is 0 Å². The van der Waals surface area contributed by atoms with E-state index >= 15 is 0 Å². The molecule has 0 saturated carbocycles. The van der Waals surface area contributed by atoms with E-state index in [4.69, 9.17) is 0 Å². The summed E-state index contributed by atoms with van der Waals surface area (Å²) in [5, 5.41) is 3.14. The highest BCUT2D eigenvalue weighted by Crippen LogP contribution is 2.32. The average Bonchev–Trinajstić information content (AvgIpc) is 2.56. The van der Waals surface area contributed by atoms with Crippen LogP contribution < -0.4 is 5.32 Å². The molecule has 2 aromatic carbocycles. The van der Waals surface area contributed by atoms with Gasteiger partial charge in [0.15, 0.2) is 6.47 Å². The first kappa shape index (κ1) is 16.9. The van der Waals surface area contributed by atoms with Crippen molar-refractivity contribution in [3.05, 3.63) is 77.0 Å². The summed E-state index contributed by atoms with van der Waals surface area (Å²) in [4.78, 5) is 3.81. The summed E-state index contributed by atoms with van der Waals surface area (Å²) < 4.78 is 12.6. The summed E-state index contributed by atoms with van der Waals surface area (Å²) in [7, 11) is 1.90. The molecule has 1 atom stereocenters. The van der Waals surface area contributed by atoms with Gasteiger partial charge >= 0.3 is 0 Å². The molecular weight excluding hydrogens is 287 g/mol. The van der Waals surface area contributed by atoms with Gasteiger partial charge in [0.05, 0.1) is 0 Å². The maximum Gasteiger partial charge on any atom is 0.176 e. The van der Waals surface area contributed by atoms with E-state index in [0.29, 0.717) is 12.2 Å². The van der Waals surface area contributed by atoms with E-state index in [1.807, 2.05) is 25.2 Å². The molecule has 0 aliphatic heterocycles. The Hall–Kier alpha value is -2.42. The SMILES string of the molecule is C=C(N=CF)C(Cc1cccc(NC)c1)c1cccc(C)c1C. The molecule has 0 fully saturated rings. The van der Waals surface area contributed by atoms with Crippen molar-refractivity contribution < 1.29 is 4.39 Å². The number of benzene rings is 2. The zero-order chi connectivity index (χ0) is 16.8. The highest BCUT2D eigenvalue weighted by molar-refractivity contribution is 5.50. The van der Waals surface area contributed by atoms with Gasteiger partial charge in [-0.25, -0.2) is 4.99 Å². The van der Waals surface area contributed by atoms with Gasteiger partial charge in [-0.1, -0.05) is 36.9 Å². The van der Waals surface area contributed by atoms with Crippen LogP contribution in [0.1, 0.15) is 28.2 Å². The first-order valence-electron chi connectivity index (χ1n) is 7.71. The molecule has 0 aliphatic carbocycles. The normalized spacial score (nSPS) is 12.3. The minimum Gasteiger partial charge on any atom is -0.388 e. The second kappa shape index (κ2) is 7.73. The fourth-order valence-corrected chi connectivity index (χ4v) is 2.80. The minimum absolute atomic E-state index is 0.0472. The molecule has 2 rings (SSSR count). The number of rotatable bonds is 6. The number of hydrogen-bond acceptors (Lipinski definition) is 2. The van der Waals surface area contributed by atoms with Gasteiger partial charge in [0.25, 0.3) is 0 Å².